The molecule has 0 atom stereocenters. The topological polar surface area (TPSA) is 66.6 Å². The second kappa shape index (κ2) is 6.08. The van der Waals surface area contributed by atoms with Crippen molar-refractivity contribution >= 4 is 29.0 Å². The van der Waals surface area contributed by atoms with Crippen LogP contribution in [0, 0.1) is 5.41 Å². The third kappa shape index (κ3) is 2.80. The Hall–Kier alpha value is -1.17. The molecule has 0 radical (unpaired) electrons. The van der Waals surface area contributed by atoms with Crippen molar-refractivity contribution in [1.82, 2.24) is 9.80 Å². The van der Waals surface area contributed by atoms with Gasteiger partial charge in [-0.3, -0.25) is 9.59 Å². The average molecular weight is 297 g/mol. The summed E-state index contributed by atoms with van der Waals surface area (Å²) in [6.45, 7) is 1.46. The van der Waals surface area contributed by atoms with Gasteiger partial charge in [0.05, 0.1) is 16.9 Å². The third-order valence-electron chi connectivity index (χ3n) is 4.55. The molecule has 2 N–H and O–H groups in total. The van der Waals surface area contributed by atoms with E-state index in [0.29, 0.717) is 18.1 Å². The summed E-state index contributed by atoms with van der Waals surface area (Å²) in [5, 5.41) is 0. The van der Waals surface area contributed by atoms with Crippen molar-refractivity contribution in [2.75, 3.05) is 26.7 Å². The molecule has 1 heterocycles. The minimum absolute atomic E-state index is 0.00949. The molecule has 1 aliphatic heterocycles. The molecule has 0 unspecified atom stereocenters. The molecule has 0 spiro atoms. The van der Waals surface area contributed by atoms with Gasteiger partial charge in [0, 0.05) is 20.1 Å². The number of likely N-dealkylation sites (N-methyl/N-ethyl adjacent to an activating group) is 1. The second-order valence-corrected chi connectivity index (χ2v) is 6.34. The van der Waals surface area contributed by atoms with Crippen LogP contribution in [-0.2, 0) is 9.59 Å². The first-order chi connectivity index (χ1) is 9.47. The van der Waals surface area contributed by atoms with Gasteiger partial charge in [-0.15, -0.1) is 0 Å². The lowest BCUT2D eigenvalue weighted by Crippen LogP contribution is -2.53. The van der Waals surface area contributed by atoms with Crippen LogP contribution in [0.5, 0.6) is 0 Å². The molecule has 0 bridgehead atoms. The van der Waals surface area contributed by atoms with Crippen LogP contribution in [-0.4, -0.2) is 53.3 Å². The molecule has 20 heavy (non-hydrogen) atoms. The van der Waals surface area contributed by atoms with Gasteiger partial charge in [-0.05, 0) is 19.3 Å². The SMILES string of the molecule is CN1CCCN(C(=O)C2(C(N)=S)CCCCC2)CC1=O. The molecule has 1 saturated carbocycles. The number of carbonyl (C=O) groups excluding carboxylic acids is 2. The molecule has 0 aromatic heterocycles. The summed E-state index contributed by atoms with van der Waals surface area (Å²) in [7, 11) is 1.78. The molecule has 0 aromatic rings. The Morgan fingerprint density at radius 1 is 1.20 bits per heavy atom. The van der Waals surface area contributed by atoms with E-state index in [1.165, 1.54) is 0 Å². The lowest BCUT2D eigenvalue weighted by molar-refractivity contribution is -0.143. The molecule has 1 saturated heterocycles. The van der Waals surface area contributed by atoms with Crippen molar-refractivity contribution in [3.8, 4) is 0 Å². The molecular formula is C14H23N3O2S. The van der Waals surface area contributed by atoms with Gasteiger partial charge in [0.2, 0.25) is 11.8 Å². The Kier molecular flexibility index (Phi) is 4.62. The molecule has 6 heteroatoms. The zero-order valence-electron chi connectivity index (χ0n) is 12.1. The smallest absolute Gasteiger partial charge is 0.241 e. The highest BCUT2D eigenvalue weighted by atomic mass is 32.1. The van der Waals surface area contributed by atoms with Crippen LogP contribution in [0.1, 0.15) is 38.5 Å². The number of hydrogen-bond acceptors (Lipinski definition) is 3. The van der Waals surface area contributed by atoms with Crippen LogP contribution in [0.4, 0.5) is 0 Å². The van der Waals surface area contributed by atoms with Crippen LogP contribution in [0.2, 0.25) is 0 Å². The van der Waals surface area contributed by atoms with Crippen molar-refractivity contribution in [2.24, 2.45) is 11.1 Å². The molecule has 0 aromatic carbocycles. The first-order valence-electron chi connectivity index (χ1n) is 7.30. The fraction of sp³-hybridized carbons (Fsp3) is 0.786. The number of hydrogen-bond donors (Lipinski definition) is 1. The Morgan fingerprint density at radius 2 is 1.85 bits per heavy atom. The summed E-state index contributed by atoms with van der Waals surface area (Å²) in [6.07, 6.45) is 5.33. The first kappa shape index (κ1) is 15.2. The van der Waals surface area contributed by atoms with Gasteiger partial charge >= 0.3 is 0 Å². The Balaban J connectivity index is 2.19. The lowest BCUT2D eigenvalue weighted by Gasteiger charge is -2.38. The zero-order chi connectivity index (χ0) is 14.8. The quantitative estimate of drug-likeness (QED) is 0.770. The van der Waals surface area contributed by atoms with E-state index >= 15 is 0 Å². The van der Waals surface area contributed by atoms with E-state index in [1.807, 2.05) is 0 Å². The Bertz CT molecular complexity index is 419. The predicted molar refractivity (Wildman–Crippen MR) is 81.1 cm³/mol. The monoisotopic (exact) mass is 297 g/mol. The van der Waals surface area contributed by atoms with Crippen LogP contribution in [0.25, 0.3) is 0 Å². The van der Waals surface area contributed by atoms with E-state index in [-0.39, 0.29) is 18.4 Å². The van der Waals surface area contributed by atoms with E-state index in [9.17, 15) is 9.59 Å². The molecule has 5 nitrogen and oxygen atoms in total. The van der Waals surface area contributed by atoms with Gasteiger partial charge in [-0.25, -0.2) is 0 Å². The van der Waals surface area contributed by atoms with Gasteiger partial charge in [-0.2, -0.15) is 0 Å². The predicted octanol–water partition coefficient (Wildman–Crippen LogP) is 0.914. The van der Waals surface area contributed by atoms with Gasteiger partial charge in [0.1, 0.15) is 0 Å². The van der Waals surface area contributed by atoms with E-state index < -0.39 is 5.41 Å². The minimum Gasteiger partial charge on any atom is -0.392 e. The fourth-order valence-electron chi connectivity index (χ4n) is 3.18. The standard InChI is InChI=1S/C14H23N3O2S/c1-16-8-5-9-17(10-11(16)18)13(19)14(12(15)20)6-3-2-4-7-14/h2-10H2,1H3,(H2,15,20). The second-order valence-electron chi connectivity index (χ2n) is 5.90. The maximum absolute atomic E-state index is 12.9. The van der Waals surface area contributed by atoms with Crippen molar-refractivity contribution in [1.29, 1.82) is 0 Å². The number of nitrogens with zero attached hydrogens (tertiary/aromatic N) is 2. The number of carbonyl (C=O) groups is 2. The van der Waals surface area contributed by atoms with Gasteiger partial charge in [0.25, 0.3) is 0 Å². The lowest BCUT2D eigenvalue weighted by atomic mass is 9.73. The normalized spacial score (nSPS) is 23.4. The molecule has 1 aliphatic carbocycles. The summed E-state index contributed by atoms with van der Waals surface area (Å²) in [4.78, 5) is 28.5. The summed E-state index contributed by atoms with van der Waals surface area (Å²) in [5.74, 6) is -0.0434. The van der Waals surface area contributed by atoms with E-state index in [4.69, 9.17) is 18.0 Å². The van der Waals surface area contributed by atoms with Crippen molar-refractivity contribution < 1.29 is 9.59 Å². The average Bonchev–Trinajstić information content (AvgIpc) is 2.61. The number of rotatable bonds is 2. The highest BCUT2D eigenvalue weighted by Gasteiger charge is 2.45. The van der Waals surface area contributed by atoms with E-state index in [2.05, 4.69) is 0 Å². The summed E-state index contributed by atoms with van der Waals surface area (Å²) in [6, 6.07) is 0. The summed E-state index contributed by atoms with van der Waals surface area (Å²) >= 11 is 5.19. The number of amides is 2. The van der Waals surface area contributed by atoms with Crippen LogP contribution in [0.3, 0.4) is 0 Å². The van der Waals surface area contributed by atoms with Gasteiger partial charge in [0.15, 0.2) is 0 Å². The Labute approximate surface area is 125 Å². The first-order valence-corrected chi connectivity index (χ1v) is 7.71. The van der Waals surface area contributed by atoms with Crippen LogP contribution < -0.4 is 5.73 Å². The highest BCUT2D eigenvalue weighted by molar-refractivity contribution is 7.80. The number of thiocarbonyl (C=S) groups is 1. The molecule has 112 valence electrons. The molecule has 2 fully saturated rings. The van der Waals surface area contributed by atoms with Gasteiger partial charge in [-0.1, -0.05) is 31.5 Å². The highest BCUT2D eigenvalue weighted by Crippen LogP contribution is 2.38. The largest absolute Gasteiger partial charge is 0.392 e. The third-order valence-corrected chi connectivity index (χ3v) is 4.94. The Morgan fingerprint density at radius 3 is 2.45 bits per heavy atom. The zero-order valence-corrected chi connectivity index (χ0v) is 12.9. The molecule has 2 aliphatic rings. The molecule has 2 rings (SSSR count). The summed E-state index contributed by atoms with van der Waals surface area (Å²) < 4.78 is 0. The molecule has 2 amide bonds. The minimum atomic E-state index is -0.712. The van der Waals surface area contributed by atoms with Crippen LogP contribution >= 0.6 is 12.2 Å². The maximum Gasteiger partial charge on any atom is 0.241 e. The maximum atomic E-state index is 12.9. The van der Waals surface area contributed by atoms with Crippen molar-refractivity contribution in [3.05, 3.63) is 0 Å². The van der Waals surface area contributed by atoms with Crippen molar-refractivity contribution in [3.63, 3.8) is 0 Å². The fourth-order valence-corrected chi connectivity index (χ4v) is 3.47. The van der Waals surface area contributed by atoms with E-state index in [0.717, 1.165) is 38.5 Å². The van der Waals surface area contributed by atoms with E-state index in [1.54, 1.807) is 16.8 Å². The van der Waals surface area contributed by atoms with Crippen LogP contribution in [0.15, 0.2) is 0 Å². The number of nitrogens with two attached hydrogens (primary N) is 1. The summed E-state index contributed by atoms with van der Waals surface area (Å²) in [5.41, 5.74) is 5.19. The van der Waals surface area contributed by atoms with Gasteiger partial charge < -0.3 is 15.5 Å². The molecular weight excluding hydrogens is 274 g/mol. The van der Waals surface area contributed by atoms with Crippen molar-refractivity contribution in [2.45, 2.75) is 38.5 Å².